The minimum absolute atomic E-state index is 0.240. The highest BCUT2D eigenvalue weighted by atomic mass is 35.5. The first-order valence-electron chi connectivity index (χ1n) is 8.04. The summed E-state index contributed by atoms with van der Waals surface area (Å²) in [6.45, 7) is 4.06. The third-order valence-corrected chi connectivity index (χ3v) is 4.75. The molecule has 2 heterocycles. The van der Waals surface area contributed by atoms with Crippen molar-refractivity contribution in [3.63, 3.8) is 0 Å². The average molecular weight is 335 g/mol. The van der Waals surface area contributed by atoms with Crippen LogP contribution in [0.4, 0.5) is 0 Å². The second-order valence-electron chi connectivity index (χ2n) is 6.15. The van der Waals surface area contributed by atoms with Crippen LogP contribution in [0, 0.1) is 0 Å². The number of aliphatic hydroxyl groups is 1. The molecule has 1 N–H and O–H groups in total. The van der Waals surface area contributed by atoms with Crippen LogP contribution in [0.1, 0.15) is 12.2 Å². The zero-order valence-electron chi connectivity index (χ0n) is 13.4. The summed E-state index contributed by atoms with van der Waals surface area (Å²) in [5.74, 6) is 1.85. The predicted octanol–water partition coefficient (Wildman–Crippen LogP) is 3.10. The largest absolute Gasteiger partial charge is 0.460 e. The van der Waals surface area contributed by atoms with E-state index in [4.69, 9.17) is 16.0 Å². The van der Waals surface area contributed by atoms with Crippen molar-refractivity contribution in [3.05, 3.63) is 47.2 Å². The van der Waals surface area contributed by atoms with Crippen LogP contribution < -0.4 is 0 Å². The van der Waals surface area contributed by atoms with Gasteiger partial charge in [0.15, 0.2) is 0 Å². The normalized spacial score (nSPS) is 20.0. The van der Waals surface area contributed by atoms with Crippen molar-refractivity contribution in [2.24, 2.45) is 0 Å². The van der Waals surface area contributed by atoms with Gasteiger partial charge in [0, 0.05) is 42.9 Å². The number of hydrogen-bond acceptors (Lipinski definition) is 4. The van der Waals surface area contributed by atoms with Crippen LogP contribution in [0.3, 0.4) is 0 Å². The molecule has 0 bridgehead atoms. The first-order chi connectivity index (χ1) is 11.2. The molecule has 0 spiro atoms. The SMILES string of the molecule is CN1CCN(Cc2ccc(-c3ccc(Cl)cc3)o2)C[C@@H]1CCO. The van der Waals surface area contributed by atoms with Crippen LogP contribution in [0.2, 0.25) is 5.02 Å². The van der Waals surface area contributed by atoms with Crippen LogP contribution in [0.5, 0.6) is 0 Å². The average Bonchev–Trinajstić information content (AvgIpc) is 3.00. The highest BCUT2D eigenvalue weighted by molar-refractivity contribution is 6.30. The summed E-state index contributed by atoms with van der Waals surface area (Å²) >= 11 is 5.93. The fourth-order valence-electron chi connectivity index (χ4n) is 3.07. The molecular formula is C18H23ClN2O2. The third-order valence-electron chi connectivity index (χ3n) is 4.49. The molecule has 0 amide bonds. The van der Waals surface area contributed by atoms with Gasteiger partial charge in [0.25, 0.3) is 0 Å². The molecule has 4 nitrogen and oxygen atoms in total. The Morgan fingerprint density at radius 3 is 2.70 bits per heavy atom. The molecule has 23 heavy (non-hydrogen) atoms. The molecule has 1 aromatic carbocycles. The Hall–Kier alpha value is -1.33. The van der Waals surface area contributed by atoms with Gasteiger partial charge in [-0.25, -0.2) is 0 Å². The van der Waals surface area contributed by atoms with E-state index in [2.05, 4.69) is 16.8 Å². The van der Waals surface area contributed by atoms with Crippen LogP contribution in [-0.4, -0.2) is 54.2 Å². The summed E-state index contributed by atoms with van der Waals surface area (Å²) < 4.78 is 5.99. The molecule has 5 heteroatoms. The van der Waals surface area contributed by atoms with Gasteiger partial charge in [-0.3, -0.25) is 4.90 Å². The number of piperazine rings is 1. The molecule has 0 radical (unpaired) electrons. The predicted molar refractivity (Wildman–Crippen MR) is 92.6 cm³/mol. The van der Waals surface area contributed by atoms with Crippen LogP contribution in [-0.2, 0) is 6.54 Å². The molecule has 1 fully saturated rings. The lowest BCUT2D eigenvalue weighted by molar-refractivity contribution is 0.0705. The Labute approximate surface area is 142 Å². The van der Waals surface area contributed by atoms with Gasteiger partial charge in [-0.05, 0) is 49.9 Å². The second-order valence-corrected chi connectivity index (χ2v) is 6.59. The molecule has 0 aliphatic carbocycles. The summed E-state index contributed by atoms with van der Waals surface area (Å²) in [4.78, 5) is 4.72. The quantitative estimate of drug-likeness (QED) is 0.912. The first-order valence-corrected chi connectivity index (χ1v) is 8.41. The maximum atomic E-state index is 9.19. The van der Waals surface area contributed by atoms with E-state index in [9.17, 15) is 5.11 Å². The van der Waals surface area contributed by atoms with Gasteiger partial charge in [0.05, 0.1) is 6.54 Å². The summed E-state index contributed by atoms with van der Waals surface area (Å²) in [6.07, 6.45) is 0.821. The van der Waals surface area contributed by atoms with Gasteiger partial charge in [-0.15, -0.1) is 0 Å². The van der Waals surface area contributed by atoms with Crippen molar-refractivity contribution in [3.8, 4) is 11.3 Å². The monoisotopic (exact) mass is 334 g/mol. The lowest BCUT2D eigenvalue weighted by atomic mass is 10.1. The Morgan fingerprint density at radius 1 is 1.17 bits per heavy atom. The van der Waals surface area contributed by atoms with Gasteiger partial charge in [0.1, 0.15) is 11.5 Å². The van der Waals surface area contributed by atoms with Crippen LogP contribution >= 0.6 is 11.6 Å². The standard InChI is InChI=1S/C18H23ClN2O2/c1-20-9-10-21(12-16(20)8-11-22)13-17-6-7-18(23-17)14-2-4-15(19)5-3-14/h2-7,16,22H,8-13H2,1H3/t16-/m0/s1. The minimum Gasteiger partial charge on any atom is -0.460 e. The van der Waals surface area contributed by atoms with Gasteiger partial charge < -0.3 is 14.4 Å². The van der Waals surface area contributed by atoms with E-state index in [1.165, 1.54) is 0 Å². The maximum absolute atomic E-state index is 9.19. The van der Waals surface area contributed by atoms with E-state index >= 15 is 0 Å². The number of halogens is 1. The summed E-state index contributed by atoms with van der Waals surface area (Å²) in [5, 5.41) is 9.92. The zero-order chi connectivity index (χ0) is 16.2. The molecule has 0 unspecified atom stereocenters. The number of likely N-dealkylation sites (N-methyl/N-ethyl adjacent to an activating group) is 1. The van der Waals surface area contributed by atoms with E-state index < -0.39 is 0 Å². The minimum atomic E-state index is 0.240. The molecule has 2 aromatic rings. The van der Waals surface area contributed by atoms with Crippen molar-refractivity contribution in [1.29, 1.82) is 0 Å². The number of nitrogens with zero attached hydrogens (tertiary/aromatic N) is 2. The van der Waals surface area contributed by atoms with Crippen molar-refractivity contribution in [2.45, 2.75) is 19.0 Å². The lowest BCUT2D eigenvalue weighted by Gasteiger charge is -2.39. The molecule has 1 aliphatic heterocycles. The van der Waals surface area contributed by atoms with Crippen LogP contribution in [0.15, 0.2) is 40.8 Å². The zero-order valence-corrected chi connectivity index (χ0v) is 14.2. The van der Waals surface area contributed by atoms with E-state index in [0.717, 1.165) is 54.7 Å². The molecular weight excluding hydrogens is 312 g/mol. The summed E-state index contributed by atoms with van der Waals surface area (Å²) in [7, 11) is 2.13. The molecule has 3 rings (SSSR count). The van der Waals surface area contributed by atoms with Crippen molar-refractivity contribution in [1.82, 2.24) is 9.80 Å². The maximum Gasteiger partial charge on any atom is 0.134 e. The smallest absolute Gasteiger partial charge is 0.134 e. The molecule has 1 aliphatic rings. The van der Waals surface area contributed by atoms with E-state index in [0.29, 0.717) is 6.04 Å². The van der Waals surface area contributed by atoms with Crippen molar-refractivity contribution < 1.29 is 9.52 Å². The fraction of sp³-hybridized carbons (Fsp3) is 0.444. The van der Waals surface area contributed by atoms with Gasteiger partial charge in [-0.1, -0.05) is 11.6 Å². The highest BCUT2D eigenvalue weighted by Crippen LogP contribution is 2.25. The highest BCUT2D eigenvalue weighted by Gasteiger charge is 2.24. The van der Waals surface area contributed by atoms with Crippen molar-refractivity contribution >= 4 is 11.6 Å². The molecule has 124 valence electrons. The number of aliphatic hydroxyl groups excluding tert-OH is 1. The van der Waals surface area contributed by atoms with Gasteiger partial charge >= 0.3 is 0 Å². The molecule has 1 saturated heterocycles. The summed E-state index contributed by atoms with van der Waals surface area (Å²) in [5.41, 5.74) is 1.04. The van der Waals surface area contributed by atoms with Crippen molar-refractivity contribution in [2.75, 3.05) is 33.3 Å². The number of hydrogen-bond donors (Lipinski definition) is 1. The number of furan rings is 1. The van der Waals surface area contributed by atoms with E-state index in [1.807, 2.05) is 36.4 Å². The second kappa shape index (κ2) is 7.49. The number of rotatable bonds is 5. The fourth-order valence-corrected chi connectivity index (χ4v) is 3.19. The molecule has 1 aromatic heterocycles. The Kier molecular flexibility index (Phi) is 5.38. The lowest BCUT2D eigenvalue weighted by Crippen LogP contribution is -2.51. The van der Waals surface area contributed by atoms with Gasteiger partial charge in [-0.2, -0.15) is 0 Å². The van der Waals surface area contributed by atoms with Gasteiger partial charge in [0.2, 0.25) is 0 Å². The van der Waals surface area contributed by atoms with E-state index in [1.54, 1.807) is 0 Å². The molecule has 0 saturated carbocycles. The molecule has 1 atom stereocenters. The van der Waals surface area contributed by atoms with Crippen LogP contribution in [0.25, 0.3) is 11.3 Å². The Morgan fingerprint density at radius 2 is 1.96 bits per heavy atom. The number of benzene rings is 1. The topological polar surface area (TPSA) is 39.9 Å². The Bertz CT molecular complexity index is 626. The summed E-state index contributed by atoms with van der Waals surface area (Å²) in [6, 6.07) is 12.2. The Balaban J connectivity index is 1.63. The van der Waals surface area contributed by atoms with E-state index in [-0.39, 0.29) is 6.61 Å². The third kappa shape index (κ3) is 4.15. The first kappa shape index (κ1) is 16.5.